The van der Waals surface area contributed by atoms with Gasteiger partial charge < -0.3 is 19.3 Å². The molecule has 0 amide bonds. The van der Waals surface area contributed by atoms with Gasteiger partial charge in [-0.1, -0.05) is 42.5 Å². The smallest absolute Gasteiger partial charge is 0.333 e. The Balaban J connectivity index is 1.43. The van der Waals surface area contributed by atoms with Gasteiger partial charge in [-0.25, -0.2) is 4.79 Å². The first kappa shape index (κ1) is 26.0. The lowest BCUT2D eigenvalue weighted by molar-refractivity contribution is -0.148. The second kappa shape index (κ2) is 12.7. The fourth-order valence-corrected chi connectivity index (χ4v) is 3.68. The van der Waals surface area contributed by atoms with Crippen molar-refractivity contribution >= 4 is 11.8 Å². The minimum absolute atomic E-state index is 0.00963. The number of ketones is 1. The molecule has 0 aromatic heterocycles. The Kier molecular flexibility index (Phi) is 9.44. The van der Waals surface area contributed by atoms with Crippen LogP contribution in [-0.2, 0) is 16.0 Å². The number of aliphatic carboxylic acids is 1. The van der Waals surface area contributed by atoms with Gasteiger partial charge in [0.15, 0.2) is 11.9 Å². The van der Waals surface area contributed by atoms with Gasteiger partial charge in [0, 0.05) is 24.7 Å². The molecule has 0 aliphatic carbocycles. The zero-order chi connectivity index (χ0) is 25.2. The molecule has 0 aliphatic heterocycles. The van der Waals surface area contributed by atoms with Crippen LogP contribution >= 0.6 is 0 Å². The number of benzene rings is 3. The minimum Gasteiger partial charge on any atom is -0.491 e. The van der Waals surface area contributed by atoms with Gasteiger partial charge in [0.25, 0.3) is 0 Å². The van der Waals surface area contributed by atoms with Crippen LogP contribution in [0.5, 0.6) is 11.5 Å². The second-order valence-electron chi connectivity index (χ2n) is 8.56. The van der Waals surface area contributed by atoms with E-state index in [1.807, 2.05) is 80.6 Å². The zero-order valence-electron chi connectivity index (χ0n) is 20.3. The SMILES string of the molecule is CO[C@@H](Cc1ccc(O[C@H](C)CC[C@@H](C)Oc2ccc(C(=O)c3ccccc3)cc2)cc1)C(=O)O. The van der Waals surface area contributed by atoms with Crippen LogP contribution < -0.4 is 9.47 Å². The maximum Gasteiger partial charge on any atom is 0.333 e. The molecule has 184 valence electrons. The Bertz CT molecular complexity index is 1080. The first-order valence-electron chi connectivity index (χ1n) is 11.7. The van der Waals surface area contributed by atoms with Gasteiger partial charge >= 0.3 is 5.97 Å². The molecule has 0 unspecified atom stereocenters. The van der Waals surface area contributed by atoms with Gasteiger partial charge in [0.05, 0.1) is 12.2 Å². The molecule has 3 rings (SSSR count). The standard InChI is InChI=1S/C29H32O6/c1-20(34-25-15-11-22(12-16-25)19-27(33-3)29(31)32)9-10-21(2)35-26-17-13-24(14-18-26)28(30)23-7-5-4-6-8-23/h4-8,11-18,20-21,27H,9-10,19H2,1-3H3,(H,31,32)/t20-,21-,27+/m1/s1. The fourth-order valence-electron chi connectivity index (χ4n) is 3.68. The first-order chi connectivity index (χ1) is 16.9. The quantitative estimate of drug-likeness (QED) is 0.325. The summed E-state index contributed by atoms with van der Waals surface area (Å²) in [7, 11) is 1.39. The van der Waals surface area contributed by atoms with Gasteiger partial charge in [-0.2, -0.15) is 0 Å². The van der Waals surface area contributed by atoms with Crippen LogP contribution in [-0.4, -0.2) is 42.3 Å². The lowest BCUT2D eigenvalue weighted by Gasteiger charge is -2.19. The van der Waals surface area contributed by atoms with Gasteiger partial charge in [-0.15, -0.1) is 0 Å². The summed E-state index contributed by atoms with van der Waals surface area (Å²) in [4.78, 5) is 23.6. The Morgan fingerprint density at radius 2 is 1.23 bits per heavy atom. The molecule has 0 bridgehead atoms. The van der Waals surface area contributed by atoms with Crippen LogP contribution in [0.4, 0.5) is 0 Å². The summed E-state index contributed by atoms with van der Waals surface area (Å²) in [5.74, 6) is 0.471. The topological polar surface area (TPSA) is 82.1 Å². The Labute approximate surface area is 206 Å². The van der Waals surface area contributed by atoms with E-state index in [1.54, 1.807) is 12.1 Å². The van der Waals surface area contributed by atoms with E-state index in [-0.39, 0.29) is 18.0 Å². The number of rotatable bonds is 13. The maximum atomic E-state index is 12.5. The number of hydrogen-bond donors (Lipinski definition) is 1. The molecular formula is C29H32O6. The van der Waals surface area contributed by atoms with E-state index in [4.69, 9.17) is 19.3 Å². The predicted octanol–water partition coefficient (Wildman–Crippen LogP) is 5.57. The molecule has 0 spiro atoms. The molecule has 0 saturated heterocycles. The Morgan fingerprint density at radius 1 is 0.743 bits per heavy atom. The van der Waals surface area contributed by atoms with Crippen LogP contribution in [0, 0.1) is 0 Å². The van der Waals surface area contributed by atoms with E-state index >= 15 is 0 Å². The van der Waals surface area contributed by atoms with E-state index in [1.165, 1.54) is 7.11 Å². The Morgan fingerprint density at radius 3 is 1.71 bits per heavy atom. The lowest BCUT2D eigenvalue weighted by atomic mass is 10.0. The monoisotopic (exact) mass is 476 g/mol. The van der Waals surface area contributed by atoms with Crippen LogP contribution in [0.3, 0.4) is 0 Å². The summed E-state index contributed by atoms with van der Waals surface area (Å²) in [6.45, 7) is 4.02. The van der Waals surface area contributed by atoms with Crippen molar-refractivity contribution in [3.05, 3.63) is 95.6 Å². The fraction of sp³-hybridized carbons (Fsp3) is 0.310. The van der Waals surface area contributed by atoms with Gasteiger partial charge in [-0.05, 0) is 68.7 Å². The van der Waals surface area contributed by atoms with Crippen molar-refractivity contribution in [2.24, 2.45) is 0 Å². The van der Waals surface area contributed by atoms with Crippen LogP contribution in [0.1, 0.15) is 48.2 Å². The van der Waals surface area contributed by atoms with Crippen molar-refractivity contribution in [3.63, 3.8) is 0 Å². The lowest BCUT2D eigenvalue weighted by Crippen LogP contribution is -2.24. The van der Waals surface area contributed by atoms with Crippen molar-refractivity contribution in [2.75, 3.05) is 7.11 Å². The summed E-state index contributed by atoms with van der Waals surface area (Å²) in [5, 5.41) is 9.11. The van der Waals surface area contributed by atoms with E-state index in [0.29, 0.717) is 17.5 Å². The number of carboxylic acid groups (broad SMARTS) is 1. The molecule has 6 nitrogen and oxygen atoms in total. The molecule has 3 aromatic carbocycles. The number of carbonyl (C=O) groups is 2. The van der Waals surface area contributed by atoms with E-state index in [2.05, 4.69) is 0 Å². The molecule has 0 aliphatic rings. The van der Waals surface area contributed by atoms with Gasteiger partial charge in [0.1, 0.15) is 11.5 Å². The third kappa shape index (κ3) is 7.97. The highest BCUT2D eigenvalue weighted by Gasteiger charge is 2.17. The van der Waals surface area contributed by atoms with Crippen LogP contribution in [0.15, 0.2) is 78.9 Å². The number of carbonyl (C=O) groups excluding carboxylic acids is 1. The van der Waals surface area contributed by atoms with Gasteiger partial charge in [-0.3, -0.25) is 4.79 Å². The number of ether oxygens (including phenoxy) is 3. The third-order valence-corrected chi connectivity index (χ3v) is 5.71. The highest BCUT2D eigenvalue weighted by molar-refractivity contribution is 6.08. The highest BCUT2D eigenvalue weighted by atomic mass is 16.5. The molecular weight excluding hydrogens is 444 g/mol. The molecule has 0 radical (unpaired) electrons. The molecule has 6 heteroatoms. The molecule has 3 aromatic rings. The number of methoxy groups -OCH3 is 1. The predicted molar refractivity (Wildman–Crippen MR) is 134 cm³/mol. The van der Waals surface area contributed by atoms with E-state index < -0.39 is 12.1 Å². The highest BCUT2D eigenvalue weighted by Crippen LogP contribution is 2.20. The average molecular weight is 477 g/mol. The summed E-state index contributed by atoms with van der Waals surface area (Å²) in [5.41, 5.74) is 2.17. The molecule has 3 atom stereocenters. The summed E-state index contributed by atoms with van der Waals surface area (Å²) in [6.07, 6.45) is 1.03. The number of carboxylic acids is 1. The average Bonchev–Trinajstić information content (AvgIpc) is 2.87. The molecule has 35 heavy (non-hydrogen) atoms. The summed E-state index contributed by atoms with van der Waals surface area (Å²) in [6, 6.07) is 23.8. The largest absolute Gasteiger partial charge is 0.491 e. The van der Waals surface area contributed by atoms with E-state index in [9.17, 15) is 9.59 Å². The molecule has 0 fully saturated rings. The van der Waals surface area contributed by atoms with Crippen molar-refractivity contribution in [3.8, 4) is 11.5 Å². The normalized spacial score (nSPS) is 13.5. The van der Waals surface area contributed by atoms with Crippen molar-refractivity contribution in [1.29, 1.82) is 0 Å². The van der Waals surface area contributed by atoms with Crippen molar-refractivity contribution < 1.29 is 28.9 Å². The van der Waals surface area contributed by atoms with E-state index in [0.717, 1.165) is 29.9 Å². The van der Waals surface area contributed by atoms with Gasteiger partial charge in [0.2, 0.25) is 0 Å². The maximum absolute atomic E-state index is 12.5. The second-order valence-corrected chi connectivity index (χ2v) is 8.56. The van der Waals surface area contributed by atoms with Crippen LogP contribution in [0.2, 0.25) is 0 Å². The zero-order valence-corrected chi connectivity index (χ0v) is 20.3. The Hall–Kier alpha value is -3.64. The van der Waals surface area contributed by atoms with Crippen molar-refractivity contribution in [2.45, 2.75) is 51.4 Å². The molecule has 1 N–H and O–H groups in total. The van der Waals surface area contributed by atoms with Crippen LogP contribution in [0.25, 0.3) is 0 Å². The minimum atomic E-state index is -0.977. The summed E-state index contributed by atoms with van der Waals surface area (Å²) < 4.78 is 17.0. The molecule has 0 heterocycles. The molecule has 0 saturated carbocycles. The third-order valence-electron chi connectivity index (χ3n) is 5.71. The number of hydrogen-bond acceptors (Lipinski definition) is 5. The summed E-state index contributed by atoms with van der Waals surface area (Å²) >= 11 is 0. The van der Waals surface area contributed by atoms with Crippen molar-refractivity contribution in [1.82, 2.24) is 0 Å². The first-order valence-corrected chi connectivity index (χ1v) is 11.7.